The third-order valence-electron chi connectivity index (χ3n) is 3.60. The van der Waals surface area contributed by atoms with Crippen LogP contribution >= 0.6 is 23.8 Å². The van der Waals surface area contributed by atoms with Gasteiger partial charge in [-0.2, -0.15) is 0 Å². The molecule has 1 fully saturated rings. The molecule has 2 rings (SSSR count). The lowest BCUT2D eigenvalue weighted by Gasteiger charge is -2.38. The summed E-state index contributed by atoms with van der Waals surface area (Å²) >= 11 is 10.9. The lowest BCUT2D eigenvalue weighted by Crippen LogP contribution is -2.46. The predicted molar refractivity (Wildman–Crippen MR) is 73.7 cm³/mol. The van der Waals surface area contributed by atoms with E-state index in [0.717, 1.165) is 12.8 Å². The Labute approximate surface area is 116 Å². The molecule has 4 nitrogen and oxygen atoms in total. The minimum Gasteiger partial charge on any atom is -0.452 e. The maximum atomic E-state index is 12.2. The van der Waals surface area contributed by atoms with Crippen LogP contribution in [0.1, 0.15) is 30.1 Å². The molecule has 0 atom stereocenters. The fourth-order valence-electron chi connectivity index (χ4n) is 2.07. The van der Waals surface area contributed by atoms with Gasteiger partial charge in [0.15, 0.2) is 0 Å². The molecular weight excluding hydrogens is 272 g/mol. The van der Waals surface area contributed by atoms with Gasteiger partial charge in [0.05, 0.1) is 16.8 Å². The third kappa shape index (κ3) is 2.37. The lowest BCUT2D eigenvalue weighted by molar-refractivity contribution is 0.0670. The summed E-state index contributed by atoms with van der Waals surface area (Å²) in [5, 5.41) is 0.141. The molecule has 1 aromatic rings. The Kier molecular flexibility index (Phi) is 3.64. The highest BCUT2D eigenvalue weighted by Gasteiger charge is 2.35. The number of carbonyl (C=O) groups excluding carboxylic acids is 1. The number of hydrogen-bond acceptors (Lipinski definition) is 3. The van der Waals surface area contributed by atoms with E-state index in [1.165, 1.54) is 6.26 Å². The van der Waals surface area contributed by atoms with Crippen LogP contribution in [-0.4, -0.2) is 28.9 Å². The maximum absolute atomic E-state index is 12.2. The molecule has 1 aliphatic rings. The molecule has 0 saturated carbocycles. The first kappa shape index (κ1) is 13.4. The molecule has 0 unspecified atom stereocenters. The number of furan rings is 1. The lowest BCUT2D eigenvalue weighted by atomic mass is 9.80. The summed E-state index contributed by atoms with van der Waals surface area (Å²) < 4.78 is 4.93. The topological polar surface area (TPSA) is 59.5 Å². The summed E-state index contributed by atoms with van der Waals surface area (Å²) in [4.78, 5) is 14.5. The molecule has 1 aromatic heterocycles. The number of nitrogens with two attached hydrogens (primary N) is 1. The van der Waals surface area contributed by atoms with Crippen LogP contribution in [0.5, 0.6) is 0 Å². The number of amides is 1. The number of halogens is 1. The zero-order chi connectivity index (χ0) is 13.3. The Morgan fingerprint density at radius 1 is 1.56 bits per heavy atom. The van der Waals surface area contributed by atoms with Gasteiger partial charge >= 0.3 is 0 Å². The summed E-state index contributed by atoms with van der Waals surface area (Å²) in [6.45, 7) is 3.31. The first-order valence-corrected chi connectivity index (χ1v) is 6.55. The second kappa shape index (κ2) is 4.90. The van der Waals surface area contributed by atoms with E-state index in [0.29, 0.717) is 23.6 Å². The van der Waals surface area contributed by atoms with Crippen molar-refractivity contribution in [2.45, 2.75) is 19.8 Å². The Hall–Kier alpha value is -1.07. The van der Waals surface area contributed by atoms with Crippen LogP contribution in [0, 0.1) is 5.41 Å². The van der Waals surface area contributed by atoms with Crippen LogP contribution in [0.15, 0.2) is 16.7 Å². The van der Waals surface area contributed by atoms with Gasteiger partial charge in [0.1, 0.15) is 0 Å². The van der Waals surface area contributed by atoms with Gasteiger partial charge in [-0.25, -0.2) is 0 Å². The number of thiocarbonyl (C=S) groups is 1. The van der Waals surface area contributed by atoms with Crippen molar-refractivity contribution in [3.05, 3.63) is 23.1 Å². The molecule has 1 saturated heterocycles. The highest BCUT2D eigenvalue weighted by Crippen LogP contribution is 2.32. The molecule has 98 valence electrons. The molecule has 2 N–H and O–H groups in total. The zero-order valence-corrected chi connectivity index (χ0v) is 11.7. The molecule has 0 aliphatic carbocycles. The highest BCUT2D eigenvalue weighted by atomic mass is 35.5. The monoisotopic (exact) mass is 286 g/mol. The van der Waals surface area contributed by atoms with Gasteiger partial charge in [0.2, 0.25) is 5.22 Å². The van der Waals surface area contributed by atoms with E-state index in [2.05, 4.69) is 0 Å². The zero-order valence-electron chi connectivity index (χ0n) is 10.1. The summed E-state index contributed by atoms with van der Waals surface area (Å²) in [6.07, 6.45) is 2.98. The Morgan fingerprint density at radius 3 is 2.61 bits per heavy atom. The minimum atomic E-state index is -0.147. The molecule has 18 heavy (non-hydrogen) atoms. The average Bonchev–Trinajstić information content (AvgIpc) is 2.75. The highest BCUT2D eigenvalue weighted by molar-refractivity contribution is 7.80. The van der Waals surface area contributed by atoms with Crippen LogP contribution in [0.4, 0.5) is 0 Å². The molecule has 0 bridgehead atoms. The number of piperidine rings is 1. The normalized spacial score (nSPS) is 18.7. The van der Waals surface area contributed by atoms with Crippen molar-refractivity contribution in [1.29, 1.82) is 0 Å². The fraction of sp³-hybridized carbons (Fsp3) is 0.500. The second-order valence-electron chi connectivity index (χ2n) is 4.83. The van der Waals surface area contributed by atoms with E-state index < -0.39 is 0 Å². The molecule has 1 aliphatic heterocycles. The van der Waals surface area contributed by atoms with E-state index in [1.807, 2.05) is 6.92 Å². The molecule has 1 amide bonds. The van der Waals surface area contributed by atoms with E-state index in [4.69, 9.17) is 34.0 Å². The molecule has 6 heteroatoms. The summed E-state index contributed by atoms with van der Waals surface area (Å²) in [7, 11) is 0. The van der Waals surface area contributed by atoms with Gasteiger partial charge < -0.3 is 15.1 Å². The summed E-state index contributed by atoms with van der Waals surface area (Å²) in [6, 6.07) is 1.59. The predicted octanol–water partition coefficient (Wildman–Crippen LogP) is 2.46. The first-order valence-electron chi connectivity index (χ1n) is 5.76. The molecule has 0 aromatic carbocycles. The molecule has 0 radical (unpaired) electrons. The molecule has 2 heterocycles. The number of rotatable bonds is 2. The summed E-state index contributed by atoms with van der Waals surface area (Å²) in [5.41, 5.74) is 6.00. The van der Waals surface area contributed by atoms with E-state index >= 15 is 0 Å². The third-order valence-corrected chi connectivity index (χ3v) is 4.38. The largest absolute Gasteiger partial charge is 0.452 e. The van der Waals surface area contributed by atoms with Gasteiger partial charge in [-0.15, -0.1) is 0 Å². The minimum absolute atomic E-state index is 0.0984. The molecular formula is C12H15ClN2O2S. The Bertz CT molecular complexity index is 478. The maximum Gasteiger partial charge on any atom is 0.258 e. The average molecular weight is 287 g/mol. The van der Waals surface area contributed by atoms with Crippen LogP contribution < -0.4 is 5.73 Å². The van der Waals surface area contributed by atoms with E-state index in [9.17, 15) is 4.79 Å². The van der Waals surface area contributed by atoms with E-state index in [1.54, 1.807) is 11.0 Å². The Balaban J connectivity index is 2.05. The van der Waals surface area contributed by atoms with Crippen molar-refractivity contribution >= 4 is 34.7 Å². The number of carbonyl (C=O) groups is 1. The van der Waals surface area contributed by atoms with Crippen molar-refractivity contribution in [3.63, 3.8) is 0 Å². The van der Waals surface area contributed by atoms with Crippen molar-refractivity contribution < 1.29 is 9.21 Å². The first-order chi connectivity index (χ1) is 8.44. The van der Waals surface area contributed by atoms with Crippen molar-refractivity contribution in [1.82, 2.24) is 4.90 Å². The number of nitrogens with zero attached hydrogens (tertiary/aromatic N) is 1. The van der Waals surface area contributed by atoms with Gasteiger partial charge in [0, 0.05) is 18.5 Å². The van der Waals surface area contributed by atoms with Gasteiger partial charge in [0.25, 0.3) is 5.91 Å². The van der Waals surface area contributed by atoms with Gasteiger partial charge in [-0.05, 0) is 30.5 Å². The van der Waals surface area contributed by atoms with Crippen LogP contribution in [0.3, 0.4) is 0 Å². The van der Waals surface area contributed by atoms with Crippen LogP contribution in [0.2, 0.25) is 5.22 Å². The molecule has 0 spiro atoms. The van der Waals surface area contributed by atoms with Crippen LogP contribution in [-0.2, 0) is 0 Å². The van der Waals surface area contributed by atoms with Gasteiger partial charge in [-0.3, -0.25) is 4.79 Å². The number of hydrogen-bond donors (Lipinski definition) is 1. The quantitative estimate of drug-likeness (QED) is 0.849. The smallest absolute Gasteiger partial charge is 0.258 e. The van der Waals surface area contributed by atoms with Gasteiger partial charge in [-0.1, -0.05) is 19.1 Å². The van der Waals surface area contributed by atoms with Crippen molar-refractivity contribution in [2.24, 2.45) is 11.1 Å². The standard InChI is InChI=1S/C12H15ClN2O2S/c1-12(11(14)18)3-5-15(6-4-12)10(16)8-2-7-17-9(8)13/h2,7H,3-6H2,1H3,(H2,14,18). The van der Waals surface area contributed by atoms with Crippen molar-refractivity contribution in [2.75, 3.05) is 13.1 Å². The van der Waals surface area contributed by atoms with Crippen molar-refractivity contribution in [3.8, 4) is 0 Å². The van der Waals surface area contributed by atoms with E-state index in [-0.39, 0.29) is 16.5 Å². The summed E-state index contributed by atoms with van der Waals surface area (Å²) in [5.74, 6) is -0.0984. The van der Waals surface area contributed by atoms with Crippen LogP contribution in [0.25, 0.3) is 0 Å². The fourth-order valence-corrected chi connectivity index (χ4v) is 2.47. The SMILES string of the molecule is CC1(C(N)=S)CCN(C(=O)c2ccoc2Cl)CC1. The second-order valence-corrected chi connectivity index (χ2v) is 5.61. The number of likely N-dealkylation sites (tertiary alicyclic amines) is 1. The Morgan fingerprint density at radius 2 is 2.17 bits per heavy atom.